The molecule has 12 nitrogen and oxygen atoms in total. The van der Waals surface area contributed by atoms with Gasteiger partial charge >= 0.3 is 12.2 Å². The second-order valence-electron chi connectivity index (χ2n) is 11.0. The number of amides is 4. The zero-order valence-electron chi connectivity index (χ0n) is 24.1. The Bertz CT molecular complexity index is 1790. The Hall–Kier alpha value is -5.36. The molecule has 2 aliphatic rings. The van der Waals surface area contributed by atoms with Gasteiger partial charge in [0.05, 0.1) is 18.4 Å². The third kappa shape index (κ3) is 6.31. The van der Waals surface area contributed by atoms with Crippen molar-refractivity contribution in [3.05, 3.63) is 101 Å². The average Bonchev–Trinajstić information content (AvgIpc) is 3.64. The number of hydrogen-bond acceptors (Lipinski definition) is 6. The molecule has 1 fully saturated rings. The van der Waals surface area contributed by atoms with E-state index in [2.05, 4.69) is 21.0 Å². The van der Waals surface area contributed by atoms with Crippen LogP contribution in [0.1, 0.15) is 27.9 Å². The third-order valence-electron chi connectivity index (χ3n) is 7.97. The van der Waals surface area contributed by atoms with E-state index in [9.17, 15) is 19.2 Å². The van der Waals surface area contributed by atoms with Crippen LogP contribution in [0.15, 0.2) is 79.1 Å². The number of ether oxygens (including phenoxy) is 1. The fourth-order valence-corrected chi connectivity index (χ4v) is 5.95. The van der Waals surface area contributed by atoms with Crippen molar-refractivity contribution < 1.29 is 29.0 Å². The lowest BCUT2D eigenvalue weighted by Gasteiger charge is -2.35. The lowest BCUT2D eigenvalue weighted by atomic mass is 9.90. The second-order valence-corrected chi connectivity index (χ2v) is 11.5. The molecule has 4 N–H and O–H groups in total. The first-order chi connectivity index (χ1) is 21.6. The maximum atomic E-state index is 14.1. The highest BCUT2D eigenvalue weighted by atomic mass is 35.5. The number of halogens is 1. The van der Waals surface area contributed by atoms with Crippen LogP contribution in [0.2, 0.25) is 5.02 Å². The zero-order valence-corrected chi connectivity index (χ0v) is 24.9. The number of carbonyl (C=O) groups is 4. The van der Waals surface area contributed by atoms with E-state index in [1.807, 2.05) is 37.5 Å². The largest absolute Gasteiger partial charge is 0.465 e. The highest BCUT2D eigenvalue weighted by molar-refractivity contribution is 6.30. The number of anilines is 2. The molecule has 13 heteroatoms. The van der Waals surface area contributed by atoms with Crippen LogP contribution in [0.5, 0.6) is 0 Å². The van der Waals surface area contributed by atoms with Crippen LogP contribution in [-0.4, -0.2) is 62.9 Å². The van der Waals surface area contributed by atoms with Gasteiger partial charge in [0.1, 0.15) is 6.04 Å². The van der Waals surface area contributed by atoms with Gasteiger partial charge in [-0.25, -0.2) is 9.59 Å². The van der Waals surface area contributed by atoms with Gasteiger partial charge in [-0.05, 0) is 53.6 Å². The molecule has 0 unspecified atom stereocenters. The monoisotopic (exact) mass is 628 g/mol. The molecule has 2 aliphatic heterocycles. The summed E-state index contributed by atoms with van der Waals surface area (Å²) in [5, 5.41) is 21.4. The zero-order chi connectivity index (χ0) is 31.7. The predicted molar refractivity (Wildman–Crippen MR) is 166 cm³/mol. The Balaban J connectivity index is 1.25. The van der Waals surface area contributed by atoms with Crippen molar-refractivity contribution in [2.75, 3.05) is 23.7 Å². The summed E-state index contributed by atoms with van der Waals surface area (Å²) in [4.78, 5) is 52.5. The highest BCUT2D eigenvalue weighted by Gasteiger charge is 2.49. The molecule has 0 aliphatic carbocycles. The van der Waals surface area contributed by atoms with Crippen LogP contribution in [0, 0.1) is 0 Å². The number of aryl methyl sites for hydroxylation is 1. The maximum absolute atomic E-state index is 14.1. The fraction of sp³-hybridized carbons (Fsp3) is 0.219. The first-order valence-electron chi connectivity index (χ1n) is 14.2. The van der Waals surface area contributed by atoms with Gasteiger partial charge < -0.3 is 20.1 Å². The van der Waals surface area contributed by atoms with Gasteiger partial charge in [-0.2, -0.15) is 5.10 Å². The molecule has 3 heterocycles. The SMILES string of the molecule is Cn1cc(-c2ccc(C[C@H](NC(=O)c3ccc(NC(=O)O)cc3)C(=O)N3CC[C@@]4(C3)OC(=O)Nc3ccc(Cl)cc34)cc2)cn1. The summed E-state index contributed by atoms with van der Waals surface area (Å²) in [5.74, 6) is -0.833. The van der Waals surface area contributed by atoms with Crippen molar-refractivity contribution in [2.24, 2.45) is 7.05 Å². The van der Waals surface area contributed by atoms with Crippen molar-refractivity contribution >= 4 is 47.0 Å². The van der Waals surface area contributed by atoms with Crippen LogP contribution in [0.25, 0.3) is 11.1 Å². The quantitative estimate of drug-likeness (QED) is 0.228. The molecule has 2 atom stereocenters. The minimum absolute atomic E-state index is 0.0917. The van der Waals surface area contributed by atoms with Crippen molar-refractivity contribution in [1.29, 1.82) is 0 Å². The molecule has 4 aromatic rings. The van der Waals surface area contributed by atoms with Crippen molar-refractivity contribution in [1.82, 2.24) is 20.0 Å². The van der Waals surface area contributed by atoms with Crippen LogP contribution in [0.4, 0.5) is 21.0 Å². The molecule has 1 aromatic heterocycles. The van der Waals surface area contributed by atoms with Gasteiger partial charge in [-0.3, -0.25) is 24.9 Å². The maximum Gasteiger partial charge on any atom is 0.412 e. The minimum atomic E-state index is -1.22. The van der Waals surface area contributed by atoms with Gasteiger partial charge in [-0.1, -0.05) is 35.9 Å². The van der Waals surface area contributed by atoms with Gasteiger partial charge in [0.15, 0.2) is 5.60 Å². The summed E-state index contributed by atoms with van der Waals surface area (Å²) in [6.45, 7) is 0.383. The van der Waals surface area contributed by atoms with Gasteiger partial charge in [-0.15, -0.1) is 0 Å². The summed E-state index contributed by atoms with van der Waals surface area (Å²) < 4.78 is 7.51. The van der Waals surface area contributed by atoms with Crippen molar-refractivity contribution in [3.8, 4) is 11.1 Å². The molecule has 0 saturated carbocycles. The molecular formula is C32H29ClN6O6. The topological polar surface area (TPSA) is 155 Å². The summed E-state index contributed by atoms with van der Waals surface area (Å²) in [5.41, 5.74) is 3.47. The Labute approximate surface area is 262 Å². The number of nitrogens with zero attached hydrogens (tertiary/aromatic N) is 3. The van der Waals surface area contributed by atoms with E-state index in [1.54, 1.807) is 34.0 Å². The van der Waals surface area contributed by atoms with Crippen LogP contribution in [0.3, 0.4) is 0 Å². The van der Waals surface area contributed by atoms with Crippen LogP contribution in [-0.2, 0) is 28.6 Å². The Kier molecular flexibility index (Phi) is 7.90. The first kappa shape index (κ1) is 29.7. The summed E-state index contributed by atoms with van der Waals surface area (Å²) >= 11 is 6.28. The van der Waals surface area contributed by atoms with E-state index < -0.39 is 29.7 Å². The molecule has 230 valence electrons. The van der Waals surface area contributed by atoms with Gasteiger partial charge in [0, 0.05) is 60.0 Å². The average molecular weight is 629 g/mol. The van der Waals surface area contributed by atoms with Gasteiger partial charge in [0.25, 0.3) is 5.91 Å². The normalized spacial score (nSPS) is 17.6. The lowest BCUT2D eigenvalue weighted by molar-refractivity contribution is -0.133. The van der Waals surface area contributed by atoms with Crippen LogP contribution >= 0.6 is 11.6 Å². The lowest BCUT2D eigenvalue weighted by Crippen LogP contribution is -2.50. The Morgan fingerprint density at radius 2 is 1.84 bits per heavy atom. The number of carbonyl (C=O) groups excluding carboxylic acids is 3. The molecule has 0 bridgehead atoms. The molecule has 0 radical (unpaired) electrons. The molecule has 1 spiro atoms. The van der Waals surface area contributed by atoms with E-state index >= 15 is 0 Å². The number of aromatic nitrogens is 2. The Morgan fingerprint density at radius 3 is 2.53 bits per heavy atom. The van der Waals surface area contributed by atoms with E-state index in [1.165, 1.54) is 24.3 Å². The number of hydrogen-bond donors (Lipinski definition) is 4. The van der Waals surface area contributed by atoms with E-state index in [0.717, 1.165) is 16.7 Å². The van der Waals surface area contributed by atoms with Crippen molar-refractivity contribution in [3.63, 3.8) is 0 Å². The summed E-state index contributed by atoms with van der Waals surface area (Å²) in [7, 11) is 1.84. The van der Waals surface area contributed by atoms with Crippen LogP contribution < -0.4 is 16.0 Å². The molecule has 3 aromatic carbocycles. The highest BCUT2D eigenvalue weighted by Crippen LogP contribution is 2.44. The standard InChI is InChI=1S/C32H29ClN6O6/c1-38-17-22(16-34-38)20-4-2-19(3-5-20)14-27(36-28(40)21-6-9-24(10-7-21)35-30(42)43)29(41)39-13-12-32(18-39)25-15-23(33)8-11-26(25)37-31(44)45-32/h2-11,15-17,27,35H,12-14,18H2,1H3,(H,36,40)(H,37,44)(H,42,43)/t27-,32-/m0/s1. The third-order valence-corrected chi connectivity index (χ3v) is 8.21. The molecule has 1 saturated heterocycles. The summed E-state index contributed by atoms with van der Waals surface area (Å²) in [6.07, 6.45) is 2.39. The fourth-order valence-electron chi connectivity index (χ4n) is 5.77. The van der Waals surface area contributed by atoms with E-state index in [0.29, 0.717) is 34.9 Å². The second kappa shape index (κ2) is 12.0. The van der Waals surface area contributed by atoms with Crippen molar-refractivity contribution in [2.45, 2.75) is 24.5 Å². The predicted octanol–water partition coefficient (Wildman–Crippen LogP) is 4.86. The number of benzene rings is 3. The first-order valence-corrected chi connectivity index (χ1v) is 14.5. The molecular weight excluding hydrogens is 600 g/mol. The number of fused-ring (bicyclic) bond motifs is 2. The number of likely N-dealkylation sites (tertiary alicyclic amines) is 1. The van der Waals surface area contributed by atoms with E-state index in [4.69, 9.17) is 21.4 Å². The molecule has 6 rings (SSSR count). The Morgan fingerprint density at radius 1 is 1.09 bits per heavy atom. The molecule has 45 heavy (non-hydrogen) atoms. The van der Waals surface area contributed by atoms with E-state index in [-0.39, 0.29) is 24.4 Å². The van der Waals surface area contributed by atoms with Gasteiger partial charge in [0.2, 0.25) is 5.91 Å². The smallest absolute Gasteiger partial charge is 0.412 e. The number of carboxylic acid groups (broad SMARTS) is 1. The number of nitrogens with one attached hydrogen (secondary N) is 3. The summed E-state index contributed by atoms with van der Waals surface area (Å²) in [6, 6.07) is 17.7. The number of rotatable bonds is 7. The minimum Gasteiger partial charge on any atom is -0.465 e. The molecule has 4 amide bonds.